The van der Waals surface area contributed by atoms with Crippen molar-refractivity contribution in [1.29, 1.82) is 0 Å². The Hall–Kier alpha value is -3.25. The van der Waals surface area contributed by atoms with Gasteiger partial charge in [-0.15, -0.1) is 13.2 Å². The van der Waals surface area contributed by atoms with Crippen molar-refractivity contribution < 1.29 is 40.3 Å². The number of nitrogens with zero attached hydrogens (tertiary/aromatic N) is 2. The fraction of sp³-hybridized carbons (Fsp3) is 0.348. The van der Waals surface area contributed by atoms with Crippen LogP contribution in [0, 0.1) is 13.8 Å². The minimum Gasteiger partial charge on any atom is -0.497 e. The summed E-state index contributed by atoms with van der Waals surface area (Å²) in [7, 11) is -1.26. The first-order chi connectivity index (χ1) is 16.5. The summed E-state index contributed by atoms with van der Waals surface area (Å²) in [6.45, 7) is 3.05. The minimum absolute atomic E-state index is 0.0464. The summed E-state index contributed by atoms with van der Waals surface area (Å²) in [4.78, 5) is -0.0823. The van der Waals surface area contributed by atoms with Crippen LogP contribution in [0.2, 0.25) is 0 Å². The number of hydrogen-bond donors (Lipinski definition) is 0. The second-order valence-electron chi connectivity index (χ2n) is 7.94. The summed E-state index contributed by atoms with van der Waals surface area (Å²) < 4.78 is 87.8. The molecule has 0 radical (unpaired) electrons. The molecule has 3 aromatic rings. The number of aromatic nitrogens is 1. The van der Waals surface area contributed by atoms with Gasteiger partial charge in [-0.05, 0) is 49.6 Å². The quantitative estimate of drug-likeness (QED) is 0.479. The predicted molar refractivity (Wildman–Crippen MR) is 118 cm³/mol. The number of aryl methyl sites for hydroxylation is 2. The summed E-state index contributed by atoms with van der Waals surface area (Å²) in [5.41, 5.74) is 1.70. The molecule has 8 nitrogen and oxygen atoms in total. The molecule has 0 saturated heterocycles. The molecule has 1 unspecified atom stereocenters. The molecule has 2 heterocycles. The van der Waals surface area contributed by atoms with Crippen LogP contribution in [0.1, 0.15) is 34.2 Å². The zero-order valence-electron chi connectivity index (χ0n) is 19.3. The fourth-order valence-corrected chi connectivity index (χ4v) is 6.28. The van der Waals surface area contributed by atoms with E-state index >= 15 is 0 Å². The standard InChI is InChI=1S/C23H23F3N2O6S/c1-13-22(14(2)34-27-13)35(29,30)28-9-8-15-10-18(31-3)12-19(32-4)20(15)21(28)16-6-5-7-17(11-16)33-23(24,25)26/h5-7,10-12,21H,8-9H2,1-4H3. The molecule has 35 heavy (non-hydrogen) atoms. The molecule has 1 aliphatic heterocycles. The first kappa shape index (κ1) is 24.9. The van der Waals surface area contributed by atoms with E-state index in [0.717, 1.165) is 11.6 Å². The van der Waals surface area contributed by atoms with Crippen molar-refractivity contribution in [3.8, 4) is 17.2 Å². The number of rotatable bonds is 6. The van der Waals surface area contributed by atoms with Gasteiger partial charge in [0.15, 0.2) is 5.76 Å². The van der Waals surface area contributed by atoms with Crippen LogP contribution >= 0.6 is 0 Å². The van der Waals surface area contributed by atoms with E-state index in [4.69, 9.17) is 14.0 Å². The van der Waals surface area contributed by atoms with Gasteiger partial charge in [-0.1, -0.05) is 17.3 Å². The third kappa shape index (κ3) is 4.67. The van der Waals surface area contributed by atoms with Crippen LogP contribution < -0.4 is 14.2 Å². The molecule has 0 bridgehead atoms. The second kappa shape index (κ2) is 9.08. The van der Waals surface area contributed by atoms with Gasteiger partial charge in [-0.25, -0.2) is 8.42 Å². The lowest BCUT2D eigenvalue weighted by molar-refractivity contribution is -0.274. The van der Waals surface area contributed by atoms with Gasteiger partial charge in [0.05, 0.1) is 20.3 Å². The summed E-state index contributed by atoms with van der Waals surface area (Å²) in [5.74, 6) is 0.493. The van der Waals surface area contributed by atoms with Crippen molar-refractivity contribution in [2.45, 2.75) is 37.6 Å². The lowest BCUT2D eigenvalue weighted by Crippen LogP contribution is -2.41. The monoisotopic (exact) mass is 512 g/mol. The van der Waals surface area contributed by atoms with Crippen LogP contribution in [0.25, 0.3) is 0 Å². The topological polar surface area (TPSA) is 91.1 Å². The summed E-state index contributed by atoms with van der Waals surface area (Å²) in [6, 6.07) is 7.60. The van der Waals surface area contributed by atoms with E-state index in [-0.39, 0.29) is 28.5 Å². The number of sulfonamides is 1. The molecule has 0 fully saturated rings. The molecule has 1 atom stereocenters. The third-order valence-corrected chi connectivity index (χ3v) is 7.87. The highest BCUT2D eigenvalue weighted by atomic mass is 32.2. The third-order valence-electron chi connectivity index (χ3n) is 5.76. The normalized spacial score (nSPS) is 16.6. The SMILES string of the molecule is COc1cc2c(c(OC)c1)C(c1cccc(OC(F)(F)F)c1)N(S(=O)(=O)c1c(C)noc1C)CC2. The molecule has 2 aromatic carbocycles. The highest BCUT2D eigenvalue weighted by Gasteiger charge is 2.42. The average molecular weight is 513 g/mol. The van der Waals surface area contributed by atoms with E-state index in [0.29, 0.717) is 23.5 Å². The van der Waals surface area contributed by atoms with E-state index in [1.54, 1.807) is 18.2 Å². The number of hydrogen-bond acceptors (Lipinski definition) is 7. The Kier molecular flexibility index (Phi) is 6.45. The van der Waals surface area contributed by atoms with E-state index in [1.165, 1.54) is 44.5 Å². The van der Waals surface area contributed by atoms with Crippen LogP contribution in [-0.4, -0.2) is 45.0 Å². The van der Waals surface area contributed by atoms with Crippen molar-refractivity contribution >= 4 is 10.0 Å². The highest BCUT2D eigenvalue weighted by Crippen LogP contribution is 2.46. The van der Waals surface area contributed by atoms with E-state index in [9.17, 15) is 21.6 Å². The smallest absolute Gasteiger partial charge is 0.497 e. The Morgan fingerprint density at radius 2 is 1.83 bits per heavy atom. The van der Waals surface area contributed by atoms with Crippen molar-refractivity contribution in [2.24, 2.45) is 0 Å². The molecule has 1 aliphatic rings. The molecule has 188 valence electrons. The lowest BCUT2D eigenvalue weighted by atomic mass is 9.88. The molecule has 4 rings (SSSR count). The molecule has 1 aromatic heterocycles. The second-order valence-corrected chi connectivity index (χ2v) is 9.77. The maximum absolute atomic E-state index is 13.9. The van der Waals surface area contributed by atoms with Crippen LogP contribution in [0.4, 0.5) is 13.2 Å². The van der Waals surface area contributed by atoms with Crippen molar-refractivity contribution in [1.82, 2.24) is 9.46 Å². The van der Waals surface area contributed by atoms with Gasteiger partial charge in [0.2, 0.25) is 10.0 Å². The average Bonchev–Trinajstić information content (AvgIpc) is 3.14. The molecule has 0 N–H and O–H groups in total. The number of alkyl halides is 3. The Morgan fingerprint density at radius 3 is 2.43 bits per heavy atom. The zero-order chi connectivity index (χ0) is 25.5. The van der Waals surface area contributed by atoms with Gasteiger partial charge in [0.1, 0.15) is 27.8 Å². The van der Waals surface area contributed by atoms with Gasteiger partial charge in [-0.2, -0.15) is 4.31 Å². The Balaban J connectivity index is 1.95. The van der Waals surface area contributed by atoms with Gasteiger partial charge < -0.3 is 18.7 Å². The molecule has 0 amide bonds. The number of methoxy groups -OCH3 is 2. The summed E-state index contributed by atoms with van der Waals surface area (Å²) in [6.07, 6.45) is -4.59. The maximum atomic E-state index is 13.9. The molecule has 0 spiro atoms. The Bertz CT molecular complexity index is 1320. The minimum atomic E-state index is -4.91. The van der Waals surface area contributed by atoms with Crippen LogP contribution in [0.3, 0.4) is 0 Å². The lowest BCUT2D eigenvalue weighted by Gasteiger charge is -2.37. The fourth-order valence-electron chi connectivity index (χ4n) is 4.40. The zero-order valence-corrected chi connectivity index (χ0v) is 20.2. The van der Waals surface area contributed by atoms with Crippen molar-refractivity contribution in [3.63, 3.8) is 0 Å². The molecular weight excluding hydrogens is 489 g/mol. The van der Waals surface area contributed by atoms with Crippen LogP contribution in [0.5, 0.6) is 17.2 Å². The molecule has 0 aliphatic carbocycles. The maximum Gasteiger partial charge on any atom is 0.573 e. The summed E-state index contributed by atoms with van der Waals surface area (Å²) >= 11 is 0. The Labute approximate surface area is 200 Å². The first-order valence-corrected chi connectivity index (χ1v) is 12.0. The van der Waals surface area contributed by atoms with Gasteiger partial charge >= 0.3 is 6.36 Å². The number of halogens is 3. The van der Waals surface area contributed by atoms with Gasteiger partial charge in [0, 0.05) is 18.2 Å². The van der Waals surface area contributed by atoms with Gasteiger partial charge in [0.25, 0.3) is 0 Å². The highest BCUT2D eigenvalue weighted by molar-refractivity contribution is 7.89. The largest absolute Gasteiger partial charge is 0.573 e. The summed E-state index contributed by atoms with van der Waals surface area (Å²) in [5, 5.41) is 3.76. The Morgan fingerprint density at radius 1 is 1.09 bits per heavy atom. The number of benzene rings is 2. The molecular formula is C23H23F3N2O6S. The molecule has 0 saturated carbocycles. The van der Waals surface area contributed by atoms with Crippen LogP contribution in [-0.2, 0) is 16.4 Å². The van der Waals surface area contributed by atoms with E-state index in [1.807, 2.05) is 0 Å². The van der Waals surface area contributed by atoms with E-state index in [2.05, 4.69) is 9.89 Å². The number of fused-ring (bicyclic) bond motifs is 1. The van der Waals surface area contributed by atoms with Crippen molar-refractivity contribution in [2.75, 3.05) is 20.8 Å². The van der Waals surface area contributed by atoms with E-state index < -0.39 is 28.2 Å². The van der Waals surface area contributed by atoms with Gasteiger partial charge in [-0.3, -0.25) is 0 Å². The molecule has 12 heteroatoms. The predicted octanol–water partition coefficient (Wildman–Crippen LogP) is 4.54. The van der Waals surface area contributed by atoms with Crippen molar-refractivity contribution in [3.05, 3.63) is 64.5 Å². The first-order valence-electron chi connectivity index (χ1n) is 10.5. The van der Waals surface area contributed by atoms with Crippen LogP contribution in [0.15, 0.2) is 45.8 Å². The number of ether oxygens (including phenoxy) is 3.